The van der Waals surface area contributed by atoms with Gasteiger partial charge in [-0.25, -0.2) is 0 Å². The Kier molecular flexibility index (Phi) is 4.36. The normalized spacial score (nSPS) is 31.0. The number of carboxylic acid groups (broad SMARTS) is 1. The maximum Gasteiger partial charge on any atom is 0.310 e. The van der Waals surface area contributed by atoms with Gasteiger partial charge in [-0.3, -0.25) is 4.79 Å². The summed E-state index contributed by atoms with van der Waals surface area (Å²) < 4.78 is 0. The minimum absolute atomic E-state index is 0.587. The summed E-state index contributed by atoms with van der Waals surface area (Å²) in [5.41, 5.74) is -0.587. The van der Waals surface area contributed by atoms with Crippen LogP contribution >= 0.6 is 0 Å². The van der Waals surface area contributed by atoms with E-state index >= 15 is 0 Å². The van der Waals surface area contributed by atoms with Crippen LogP contribution in [0, 0.1) is 17.3 Å². The molecule has 3 heteroatoms. The van der Waals surface area contributed by atoms with Crippen molar-refractivity contribution in [2.75, 3.05) is 19.6 Å². The summed E-state index contributed by atoms with van der Waals surface area (Å²) in [5.74, 6) is 0.721. The molecule has 1 aliphatic heterocycles. The van der Waals surface area contributed by atoms with Crippen LogP contribution in [-0.4, -0.2) is 35.6 Å². The zero-order chi connectivity index (χ0) is 12.3. The minimum atomic E-state index is -0.666. The minimum Gasteiger partial charge on any atom is -0.481 e. The van der Waals surface area contributed by atoms with Gasteiger partial charge in [0.2, 0.25) is 0 Å². The zero-order valence-corrected chi connectivity index (χ0v) is 11.0. The van der Waals surface area contributed by atoms with E-state index < -0.39 is 11.4 Å². The molecule has 0 spiro atoms. The third-order valence-corrected chi connectivity index (χ3v) is 3.81. The van der Waals surface area contributed by atoms with Crippen LogP contribution in [0.2, 0.25) is 0 Å². The van der Waals surface area contributed by atoms with Crippen molar-refractivity contribution in [1.29, 1.82) is 0 Å². The summed E-state index contributed by atoms with van der Waals surface area (Å²) in [6.45, 7) is 11.1. The molecule has 3 nitrogen and oxygen atoms in total. The van der Waals surface area contributed by atoms with E-state index in [2.05, 4.69) is 18.7 Å². The van der Waals surface area contributed by atoms with Gasteiger partial charge in [0.1, 0.15) is 0 Å². The van der Waals surface area contributed by atoms with Crippen molar-refractivity contribution in [3.63, 3.8) is 0 Å². The molecule has 1 heterocycles. The van der Waals surface area contributed by atoms with Crippen molar-refractivity contribution >= 4 is 5.97 Å². The first-order chi connectivity index (χ1) is 7.37. The molecule has 0 amide bonds. The molecule has 1 rings (SSSR count). The molecule has 0 saturated carbocycles. The van der Waals surface area contributed by atoms with Crippen LogP contribution < -0.4 is 0 Å². The smallest absolute Gasteiger partial charge is 0.310 e. The molecule has 0 bridgehead atoms. The summed E-state index contributed by atoms with van der Waals surface area (Å²) in [7, 11) is 0. The van der Waals surface area contributed by atoms with Gasteiger partial charge < -0.3 is 10.0 Å². The highest BCUT2D eigenvalue weighted by molar-refractivity contribution is 5.74. The molecule has 1 fully saturated rings. The standard InChI is InChI=1S/C13H25NO2/c1-5-13(4,12(15)16)9-14-7-10(2)6-11(3)8-14/h10-11H,5-9H2,1-4H3,(H,15,16). The first kappa shape index (κ1) is 13.5. The molecule has 3 atom stereocenters. The third kappa shape index (κ3) is 3.21. The Morgan fingerprint density at radius 3 is 2.25 bits per heavy atom. The molecule has 3 unspecified atom stereocenters. The van der Waals surface area contributed by atoms with E-state index in [4.69, 9.17) is 0 Å². The van der Waals surface area contributed by atoms with Gasteiger partial charge in [-0.1, -0.05) is 20.8 Å². The van der Waals surface area contributed by atoms with Crippen molar-refractivity contribution in [1.82, 2.24) is 4.90 Å². The Hall–Kier alpha value is -0.570. The van der Waals surface area contributed by atoms with Gasteiger partial charge in [0.25, 0.3) is 0 Å². The summed E-state index contributed by atoms with van der Waals surface area (Å²) in [6.07, 6.45) is 1.97. The second kappa shape index (κ2) is 5.17. The maximum atomic E-state index is 11.3. The first-order valence-electron chi connectivity index (χ1n) is 6.33. The summed E-state index contributed by atoms with van der Waals surface area (Å²) in [4.78, 5) is 13.6. The molecule has 16 heavy (non-hydrogen) atoms. The number of aliphatic carboxylic acids is 1. The summed E-state index contributed by atoms with van der Waals surface area (Å²) in [6, 6.07) is 0. The largest absolute Gasteiger partial charge is 0.481 e. The fourth-order valence-corrected chi connectivity index (χ4v) is 2.75. The van der Waals surface area contributed by atoms with E-state index in [1.54, 1.807) is 0 Å². The lowest BCUT2D eigenvalue weighted by molar-refractivity contribution is -0.149. The molecular formula is C13H25NO2. The lowest BCUT2D eigenvalue weighted by Gasteiger charge is -2.39. The molecule has 0 radical (unpaired) electrons. The highest BCUT2D eigenvalue weighted by Gasteiger charge is 2.35. The molecule has 0 aromatic heterocycles. The van der Waals surface area contributed by atoms with Crippen LogP contribution in [0.3, 0.4) is 0 Å². The van der Waals surface area contributed by atoms with Gasteiger partial charge >= 0.3 is 5.97 Å². The van der Waals surface area contributed by atoms with E-state index in [1.165, 1.54) is 6.42 Å². The summed E-state index contributed by atoms with van der Waals surface area (Å²) in [5, 5.41) is 9.27. The van der Waals surface area contributed by atoms with Crippen molar-refractivity contribution < 1.29 is 9.90 Å². The number of nitrogens with zero attached hydrogens (tertiary/aromatic N) is 1. The van der Waals surface area contributed by atoms with E-state index in [0.29, 0.717) is 24.8 Å². The quantitative estimate of drug-likeness (QED) is 0.802. The first-order valence-corrected chi connectivity index (χ1v) is 6.33. The third-order valence-electron chi connectivity index (χ3n) is 3.81. The highest BCUT2D eigenvalue weighted by atomic mass is 16.4. The highest BCUT2D eigenvalue weighted by Crippen LogP contribution is 2.27. The monoisotopic (exact) mass is 227 g/mol. The fraction of sp³-hybridized carbons (Fsp3) is 0.923. The molecule has 0 aliphatic carbocycles. The predicted molar refractivity (Wildman–Crippen MR) is 65.4 cm³/mol. The van der Waals surface area contributed by atoms with Gasteiger partial charge in [0.15, 0.2) is 0 Å². The Bertz CT molecular complexity index is 244. The van der Waals surface area contributed by atoms with Crippen LogP contribution in [-0.2, 0) is 4.79 Å². The van der Waals surface area contributed by atoms with Crippen LogP contribution in [0.15, 0.2) is 0 Å². The average molecular weight is 227 g/mol. The van der Waals surface area contributed by atoms with Crippen molar-refractivity contribution in [3.05, 3.63) is 0 Å². The number of carboxylic acids is 1. The molecular weight excluding hydrogens is 202 g/mol. The lowest BCUT2D eigenvalue weighted by atomic mass is 9.84. The molecule has 1 saturated heterocycles. The van der Waals surface area contributed by atoms with E-state index in [0.717, 1.165) is 13.1 Å². The molecule has 1 N–H and O–H groups in total. The summed E-state index contributed by atoms with van der Waals surface area (Å²) >= 11 is 0. The second-order valence-corrected chi connectivity index (χ2v) is 5.86. The SMILES string of the molecule is CCC(C)(CN1CC(C)CC(C)C1)C(=O)O. The van der Waals surface area contributed by atoms with E-state index in [9.17, 15) is 9.90 Å². The van der Waals surface area contributed by atoms with Gasteiger partial charge in [-0.2, -0.15) is 0 Å². The van der Waals surface area contributed by atoms with Crippen LogP contribution in [0.25, 0.3) is 0 Å². The van der Waals surface area contributed by atoms with Crippen LogP contribution in [0.5, 0.6) is 0 Å². The Balaban J connectivity index is 2.61. The van der Waals surface area contributed by atoms with E-state index in [-0.39, 0.29) is 0 Å². The molecule has 0 aromatic rings. The topological polar surface area (TPSA) is 40.5 Å². The maximum absolute atomic E-state index is 11.3. The molecule has 1 aliphatic rings. The number of piperidine rings is 1. The molecule has 94 valence electrons. The Morgan fingerprint density at radius 1 is 1.38 bits per heavy atom. The van der Waals surface area contributed by atoms with Crippen LogP contribution in [0.1, 0.15) is 40.5 Å². The van der Waals surface area contributed by atoms with Crippen LogP contribution in [0.4, 0.5) is 0 Å². The second-order valence-electron chi connectivity index (χ2n) is 5.86. The van der Waals surface area contributed by atoms with E-state index in [1.807, 2.05) is 13.8 Å². The lowest BCUT2D eigenvalue weighted by Crippen LogP contribution is -2.46. The number of rotatable bonds is 4. The molecule has 0 aromatic carbocycles. The van der Waals surface area contributed by atoms with Gasteiger partial charge in [-0.05, 0) is 31.6 Å². The fourth-order valence-electron chi connectivity index (χ4n) is 2.75. The number of hydrogen-bond donors (Lipinski definition) is 1. The van der Waals surface area contributed by atoms with Gasteiger partial charge in [0.05, 0.1) is 5.41 Å². The number of carbonyl (C=O) groups is 1. The number of likely N-dealkylation sites (tertiary alicyclic amines) is 1. The zero-order valence-electron chi connectivity index (χ0n) is 11.0. The van der Waals surface area contributed by atoms with Crippen molar-refractivity contribution in [2.24, 2.45) is 17.3 Å². The Morgan fingerprint density at radius 2 is 1.88 bits per heavy atom. The van der Waals surface area contributed by atoms with Gasteiger partial charge in [0, 0.05) is 19.6 Å². The van der Waals surface area contributed by atoms with Crippen molar-refractivity contribution in [3.8, 4) is 0 Å². The van der Waals surface area contributed by atoms with Gasteiger partial charge in [-0.15, -0.1) is 0 Å². The average Bonchev–Trinajstić information content (AvgIpc) is 2.15. The number of hydrogen-bond acceptors (Lipinski definition) is 2. The predicted octanol–water partition coefficient (Wildman–Crippen LogP) is 2.47. The Labute approximate surface area is 98.8 Å². The van der Waals surface area contributed by atoms with Crippen molar-refractivity contribution in [2.45, 2.75) is 40.5 Å².